The number of benzene rings is 1. The van der Waals surface area contributed by atoms with Crippen LogP contribution in [-0.4, -0.2) is 24.8 Å². The predicted octanol–water partition coefficient (Wildman–Crippen LogP) is 1.91. The molecule has 1 aromatic carbocycles. The van der Waals surface area contributed by atoms with Gasteiger partial charge in [0.1, 0.15) is 5.82 Å². The summed E-state index contributed by atoms with van der Waals surface area (Å²) in [5.41, 5.74) is 0.800. The summed E-state index contributed by atoms with van der Waals surface area (Å²) in [5, 5.41) is 17.4. The third kappa shape index (κ3) is 2.94. The van der Waals surface area contributed by atoms with Crippen molar-refractivity contribution >= 4 is 5.69 Å². The van der Waals surface area contributed by atoms with Crippen LogP contribution in [0.5, 0.6) is 0 Å². The van der Waals surface area contributed by atoms with Crippen molar-refractivity contribution in [1.29, 1.82) is 5.26 Å². The summed E-state index contributed by atoms with van der Waals surface area (Å²) in [4.78, 5) is 1.84. The zero-order valence-electron chi connectivity index (χ0n) is 9.28. The zero-order valence-corrected chi connectivity index (χ0v) is 9.28. The first kappa shape index (κ1) is 12.5. The molecule has 0 radical (unpaired) electrons. The molecule has 0 aliphatic heterocycles. The van der Waals surface area contributed by atoms with Crippen LogP contribution < -0.4 is 4.90 Å². The van der Waals surface area contributed by atoms with Gasteiger partial charge in [0.2, 0.25) is 0 Å². The van der Waals surface area contributed by atoms with E-state index in [-0.39, 0.29) is 12.4 Å². The van der Waals surface area contributed by atoms with Crippen LogP contribution in [0.1, 0.15) is 18.9 Å². The minimum Gasteiger partial charge on any atom is -0.396 e. The van der Waals surface area contributed by atoms with Crippen LogP contribution in [0.4, 0.5) is 10.1 Å². The quantitative estimate of drug-likeness (QED) is 0.827. The van der Waals surface area contributed by atoms with E-state index in [1.165, 1.54) is 6.07 Å². The smallest absolute Gasteiger partial charge is 0.147 e. The van der Waals surface area contributed by atoms with Crippen LogP contribution in [0, 0.1) is 17.1 Å². The van der Waals surface area contributed by atoms with Crippen molar-refractivity contribution in [3.05, 3.63) is 29.6 Å². The van der Waals surface area contributed by atoms with E-state index in [0.717, 1.165) is 0 Å². The highest BCUT2D eigenvalue weighted by Crippen LogP contribution is 2.20. The predicted molar refractivity (Wildman–Crippen MR) is 60.7 cm³/mol. The molecule has 0 amide bonds. The van der Waals surface area contributed by atoms with E-state index in [1.807, 2.05) is 17.9 Å². The average Bonchev–Trinajstić information content (AvgIpc) is 2.31. The van der Waals surface area contributed by atoms with Crippen molar-refractivity contribution in [2.75, 3.05) is 24.6 Å². The van der Waals surface area contributed by atoms with E-state index < -0.39 is 0 Å². The Kier molecular flexibility index (Phi) is 4.74. The van der Waals surface area contributed by atoms with Crippen LogP contribution in [0.25, 0.3) is 0 Å². The molecule has 0 saturated carbocycles. The molecule has 1 rings (SSSR count). The van der Waals surface area contributed by atoms with Gasteiger partial charge in [0.25, 0.3) is 0 Å². The SMILES string of the molecule is CCN(CCCO)c1ccc(C#N)cc1F. The first-order valence-electron chi connectivity index (χ1n) is 5.28. The second-order valence-corrected chi connectivity index (χ2v) is 3.43. The van der Waals surface area contributed by atoms with E-state index >= 15 is 0 Å². The van der Waals surface area contributed by atoms with E-state index in [9.17, 15) is 4.39 Å². The molecule has 0 spiro atoms. The molecule has 0 aliphatic rings. The topological polar surface area (TPSA) is 47.3 Å². The summed E-state index contributed by atoms with van der Waals surface area (Å²) in [6.07, 6.45) is 0.604. The largest absolute Gasteiger partial charge is 0.396 e. The van der Waals surface area contributed by atoms with Crippen LogP contribution in [0.2, 0.25) is 0 Å². The molecule has 0 heterocycles. The van der Waals surface area contributed by atoms with Crippen LogP contribution in [0.15, 0.2) is 18.2 Å². The standard InChI is InChI=1S/C12H15FN2O/c1-2-15(6-3-7-16)12-5-4-10(9-14)8-11(12)13/h4-5,8,16H,2-3,6-7H2,1H3. The molecule has 86 valence electrons. The molecule has 16 heavy (non-hydrogen) atoms. The van der Waals surface area contributed by atoms with Gasteiger partial charge in [-0.1, -0.05) is 0 Å². The Morgan fingerprint density at radius 3 is 2.75 bits per heavy atom. The monoisotopic (exact) mass is 222 g/mol. The lowest BCUT2D eigenvalue weighted by Gasteiger charge is -2.23. The highest BCUT2D eigenvalue weighted by molar-refractivity contribution is 5.51. The molecule has 1 N–H and O–H groups in total. The lowest BCUT2D eigenvalue weighted by atomic mass is 10.2. The lowest BCUT2D eigenvalue weighted by molar-refractivity contribution is 0.289. The van der Waals surface area contributed by atoms with Crippen LogP contribution in [0.3, 0.4) is 0 Å². The molecule has 0 aromatic heterocycles. The summed E-state index contributed by atoms with van der Waals surface area (Å²) in [5.74, 6) is -0.390. The van der Waals surface area contributed by atoms with Gasteiger partial charge in [0.05, 0.1) is 17.3 Å². The van der Waals surface area contributed by atoms with Gasteiger partial charge >= 0.3 is 0 Å². The van der Waals surface area contributed by atoms with Crippen molar-refractivity contribution in [3.63, 3.8) is 0 Å². The molecule has 0 atom stereocenters. The Morgan fingerprint density at radius 1 is 1.50 bits per heavy atom. The van der Waals surface area contributed by atoms with Crippen molar-refractivity contribution in [2.45, 2.75) is 13.3 Å². The van der Waals surface area contributed by atoms with Gasteiger partial charge in [-0.25, -0.2) is 4.39 Å². The Morgan fingerprint density at radius 2 is 2.25 bits per heavy atom. The van der Waals surface area contributed by atoms with Gasteiger partial charge in [0.15, 0.2) is 0 Å². The Bertz CT molecular complexity index is 387. The van der Waals surface area contributed by atoms with Gasteiger partial charge in [-0.15, -0.1) is 0 Å². The fourth-order valence-corrected chi connectivity index (χ4v) is 1.54. The third-order valence-corrected chi connectivity index (χ3v) is 2.39. The van der Waals surface area contributed by atoms with E-state index in [4.69, 9.17) is 10.4 Å². The first-order chi connectivity index (χ1) is 7.72. The van der Waals surface area contributed by atoms with E-state index in [2.05, 4.69) is 0 Å². The summed E-state index contributed by atoms with van der Waals surface area (Å²) < 4.78 is 13.6. The maximum atomic E-state index is 13.6. The highest BCUT2D eigenvalue weighted by Gasteiger charge is 2.10. The van der Waals surface area contributed by atoms with Gasteiger partial charge < -0.3 is 10.0 Å². The number of nitriles is 1. The molecular weight excluding hydrogens is 207 g/mol. The number of hydrogen-bond acceptors (Lipinski definition) is 3. The van der Waals surface area contributed by atoms with Gasteiger partial charge in [-0.05, 0) is 31.5 Å². The van der Waals surface area contributed by atoms with Crippen molar-refractivity contribution in [3.8, 4) is 6.07 Å². The minimum absolute atomic E-state index is 0.0917. The summed E-state index contributed by atoms with van der Waals surface area (Å²) >= 11 is 0. The molecule has 0 unspecified atom stereocenters. The van der Waals surface area contributed by atoms with Crippen LogP contribution in [-0.2, 0) is 0 Å². The summed E-state index contributed by atoms with van der Waals surface area (Å²) in [7, 11) is 0. The average molecular weight is 222 g/mol. The van der Waals surface area contributed by atoms with Crippen molar-refractivity contribution < 1.29 is 9.50 Å². The maximum Gasteiger partial charge on any atom is 0.147 e. The molecular formula is C12H15FN2O. The zero-order chi connectivity index (χ0) is 12.0. The fraction of sp³-hybridized carbons (Fsp3) is 0.417. The second kappa shape index (κ2) is 6.09. The van der Waals surface area contributed by atoms with Crippen molar-refractivity contribution in [1.82, 2.24) is 0 Å². The van der Waals surface area contributed by atoms with Crippen molar-refractivity contribution in [2.24, 2.45) is 0 Å². The molecule has 3 nitrogen and oxygen atoms in total. The molecule has 1 aromatic rings. The van der Waals surface area contributed by atoms with Gasteiger partial charge in [0, 0.05) is 19.7 Å². The lowest BCUT2D eigenvalue weighted by Crippen LogP contribution is -2.25. The highest BCUT2D eigenvalue weighted by atomic mass is 19.1. The molecule has 0 saturated heterocycles. The van der Waals surface area contributed by atoms with E-state index in [1.54, 1.807) is 12.1 Å². The molecule has 0 bridgehead atoms. The number of nitrogens with zero attached hydrogens (tertiary/aromatic N) is 2. The molecule has 0 fully saturated rings. The van der Waals surface area contributed by atoms with E-state index in [0.29, 0.717) is 30.8 Å². The summed E-state index contributed by atoms with van der Waals surface area (Å²) in [6, 6.07) is 6.33. The number of halogens is 1. The second-order valence-electron chi connectivity index (χ2n) is 3.43. The number of hydrogen-bond donors (Lipinski definition) is 1. The first-order valence-corrected chi connectivity index (χ1v) is 5.28. The van der Waals surface area contributed by atoms with Gasteiger partial charge in [-0.2, -0.15) is 5.26 Å². The normalized spacial score (nSPS) is 9.88. The van der Waals surface area contributed by atoms with Crippen LogP contribution >= 0.6 is 0 Å². The molecule has 4 heteroatoms. The Labute approximate surface area is 94.7 Å². The number of anilines is 1. The Balaban J connectivity index is 2.89. The Hall–Kier alpha value is -1.60. The van der Waals surface area contributed by atoms with Gasteiger partial charge in [-0.3, -0.25) is 0 Å². The molecule has 0 aliphatic carbocycles. The number of rotatable bonds is 5. The maximum absolute atomic E-state index is 13.6. The summed E-state index contributed by atoms with van der Waals surface area (Å²) in [6.45, 7) is 3.29. The number of aliphatic hydroxyl groups excluding tert-OH is 1. The third-order valence-electron chi connectivity index (χ3n) is 2.39. The minimum atomic E-state index is -0.390. The fourth-order valence-electron chi connectivity index (χ4n) is 1.54. The number of aliphatic hydroxyl groups is 1.